The van der Waals surface area contributed by atoms with Crippen molar-refractivity contribution in [3.8, 4) is 38.8 Å². The summed E-state index contributed by atoms with van der Waals surface area (Å²) in [5.74, 6) is 1.15. The first-order valence-corrected chi connectivity index (χ1v) is 14.4. The Morgan fingerprint density at radius 3 is 2.10 bits per heavy atom. The molecule has 0 unspecified atom stereocenters. The highest BCUT2D eigenvalue weighted by molar-refractivity contribution is 7.21. The number of nitrogens with zero attached hydrogens (tertiary/aromatic N) is 3. The summed E-state index contributed by atoms with van der Waals surface area (Å²) in [5.41, 5.74) is 13.2. The van der Waals surface area contributed by atoms with Crippen LogP contribution < -0.4 is 4.57 Å². The minimum atomic E-state index is 1.04. The second kappa shape index (κ2) is 9.58. The van der Waals surface area contributed by atoms with Crippen molar-refractivity contribution in [1.29, 1.82) is 0 Å². The predicted molar refractivity (Wildman–Crippen MR) is 168 cm³/mol. The largest absolute Gasteiger partial charge is 0.295 e. The number of fused-ring (bicyclic) bond motifs is 2. The summed E-state index contributed by atoms with van der Waals surface area (Å²) < 4.78 is 5.92. The molecule has 194 valence electrons. The van der Waals surface area contributed by atoms with Crippen molar-refractivity contribution in [2.75, 3.05) is 0 Å². The van der Waals surface area contributed by atoms with Gasteiger partial charge in [-0.1, -0.05) is 72.8 Å². The van der Waals surface area contributed by atoms with Crippen LogP contribution in [0.25, 0.3) is 60.0 Å². The van der Waals surface area contributed by atoms with E-state index in [1.165, 1.54) is 54.7 Å². The summed E-state index contributed by atoms with van der Waals surface area (Å²) in [6.45, 7) is 6.56. The third kappa shape index (κ3) is 3.95. The molecule has 0 amide bonds. The van der Waals surface area contributed by atoms with Crippen molar-refractivity contribution in [2.45, 2.75) is 20.8 Å². The molecule has 3 nitrogen and oxygen atoms in total. The molecular formula is C36H30N3S+. The maximum Gasteiger partial charge on any atom is 0.295 e. The van der Waals surface area contributed by atoms with E-state index in [0.717, 1.165) is 22.0 Å². The monoisotopic (exact) mass is 536 g/mol. The van der Waals surface area contributed by atoms with E-state index in [9.17, 15) is 0 Å². The summed E-state index contributed by atoms with van der Waals surface area (Å²) in [6.07, 6.45) is 0. The molecule has 0 radical (unpaired) electrons. The van der Waals surface area contributed by atoms with Crippen LogP contribution in [-0.2, 0) is 7.05 Å². The standard InChI is InChI=1S/C36H30N3S/c1-23-11-10-12-24(2)34(23)35-37-30-22-29(25(3)21-33(30)40-35)36-38(4)31-15-8-9-16-32(31)39(36)28-19-17-27(18-20-28)26-13-6-5-7-14-26/h5-22H,1-4H3/q+1. The molecule has 2 aromatic heterocycles. The summed E-state index contributed by atoms with van der Waals surface area (Å²) in [5, 5.41) is 1.09. The lowest BCUT2D eigenvalue weighted by molar-refractivity contribution is -0.633. The van der Waals surface area contributed by atoms with Crippen molar-refractivity contribution >= 4 is 32.6 Å². The van der Waals surface area contributed by atoms with Crippen LogP contribution in [0.1, 0.15) is 16.7 Å². The Morgan fingerprint density at radius 2 is 1.35 bits per heavy atom. The molecule has 0 spiro atoms. The molecule has 0 saturated heterocycles. The molecule has 7 aromatic rings. The fourth-order valence-electron chi connectivity index (χ4n) is 5.89. The number of thiazole rings is 1. The highest BCUT2D eigenvalue weighted by Gasteiger charge is 2.27. The van der Waals surface area contributed by atoms with Gasteiger partial charge in [0.05, 0.1) is 22.8 Å². The third-order valence-corrected chi connectivity index (χ3v) is 8.95. The summed E-state index contributed by atoms with van der Waals surface area (Å²) in [6, 6.07) is 39.1. The van der Waals surface area contributed by atoms with Gasteiger partial charge in [-0.05, 0) is 85.0 Å². The Hall–Kier alpha value is -4.54. The van der Waals surface area contributed by atoms with Crippen LogP contribution in [0.5, 0.6) is 0 Å². The van der Waals surface area contributed by atoms with Crippen molar-refractivity contribution in [2.24, 2.45) is 7.05 Å². The smallest absolute Gasteiger partial charge is 0.236 e. The fourth-order valence-corrected chi connectivity index (χ4v) is 7.11. The van der Waals surface area contributed by atoms with Gasteiger partial charge in [0, 0.05) is 5.56 Å². The number of benzene rings is 5. The molecule has 0 bridgehead atoms. The van der Waals surface area contributed by atoms with E-state index < -0.39 is 0 Å². The first-order chi connectivity index (χ1) is 19.5. The molecule has 40 heavy (non-hydrogen) atoms. The molecule has 0 aliphatic carbocycles. The topological polar surface area (TPSA) is 21.7 Å². The van der Waals surface area contributed by atoms with Gasteiger partial charge >= 0.3 is 0 Å². The normalized spacial score (nSPS) is 11.5. The number of hydrogen-bond acceptors (Lipinski definition) is 2. The average molecular weight is 537 g/mol. The summed E-state index contributed by atoms with van der Waals surface area (Å²) in [4.78, 5) is 5.16. The maximum absolute atomic E-state index is 5.16. The van der Waals surface area contributed by atoms with Crippen LogP contribution in [0, 0.1) is 20.8 Å². The van der Waals surface area contributed by atoms with Gasteiger partial charge in [0.15, 0.2) is 11.0 Å². The van der Waals surface area contributed by atoms with E-state index >= 15 is 0 Å². The molecule has 0 atom stereocenters. The molecule has 2 heterocycles. The zero-order chi connectivity index (χ0) is 27.4. The van der Waals surface area contributed by atoms with Crippen molar-refractivity contribution in [1.82, 2.24) is 9.55 Å². The zero-order valence-electron chi connectivity index (χ0n) is 23.1. The van der Waals surface area contributed by atoms with E-state index in [2.05, 4.69) is 146 Å². The van der Waals surface area contributed by atoms with Gasteiger partial charge in [-0.15, -0.1) is 11.3 Å². The zero-order valence-corrected chi connectivity index (χ0v) is 24.0. The maximum atomic E-state index is 5.16. The van der Waals surface area contributed by atoms with Crippen molar-refractivity contribution < 1.29 is 4.57 Å². The molecule has 4 heteroatoms. The highest BCUT2D eigenvalue weighted by Crippen LogP contribution is 2.38. The lowest BCUT2D eigenvalue weighted by atomic mass is 10.0. The van der Waals surface area contributed by atoms with Crippen LogP contribution in [0.3, 0.4) is 0 Å². The molecule has 0 N–H and O–H groups in total. The number of aromatic nitrogens is 3. The highest BCUT2D eigenvalue weighted by atomic mass is 32.1. The summed E-state index contributed by atoms with van der Waals surface area (Å²) >= 11 is 1.78. The lowest BCUT2D eigenvalue weighted by Crippen LogP contribution is -2.30. The van der Waals surface area contributed by atoms with Crippen LogP contribution in [0.4, 0.5) is 0 Å². The number of imidazole rings is 1. The van der Waals surface area contributed by atoms with Gasteiger partial charge in [0.2, 0.25) is 0 Å². The molecule has 7 rings (SSSR count). The van der Waals surface area contributed by atoms with E-state index in [0.29, 0.717) is 0 Å². The fraction of sp³-hybridized carbons (Fsp3) is 0.111. The average Bonchev–Trinajstić information content (AvgIpc) is 3.51. The van der Waals surface area contributed by atoms with Crippen LogP contribution >= 0.6 is 11.3 Å². The molecular weight excluding hydrogens is 506 g/mol. The molecule has 0 saturated carbocycles. The predicted octanol–water partition coefficient (Wildman–Crippen LogP) is 8.99. The second-order valence-corrected chi connectivity index (χ2v) is 11.6. The van der Waals surface area contributed by atoms with E-state index in [1.807, 2.05) is 0 Å². The van der Waals surface area contributed by atoms with Gasteiger partial charge in [-0.25, -0.2) is 9.55 Å². The van der Waals surface area contributed by atoms with E-state index in [-0.39, 0.29) is 0 Å². The minimum Gasteiger partial charge on any atom is -0.236 e. The number of aryl methyl sites for hydroxylation is 4. The van der Waals surface area contributed by atoms with Crippen LogP contribution in [0.2, 0.25) is 0 Å². The Balaban J connectivity index is 1.43. The second-order valence-electron chi connectivity index (χ2n) is 10.5. The Kier molecular flexibility index (Phi) is 5.87. The van der Waals surface area contributed by atoms with E-state index in [4.69, 9.17) is 4.98 Å². The Labute approximate surface area is 238 Å². The minimum absolute atomic E-state index is 1.04. The molecule has 5 aromatic carbocycles. The molecule has 0 aliphatic rings. The molecule has 0 aliphatic heterocycles. The van der Waals surface area contributed by atoms with E-state index in [1.54, 1.807) is 11.3 Å². The SMILES string of the molecule is Cc1cc2sc(-c3c(C)cccc3C)nc2cc1-c1n(-c2ccc(-c3ccccc3)cc2)c2ccccc2[n+]1C. The molecule has 0 fully saturated rings. The first-order valence-electron chi connectivity index (χ1n) is 13.6. The Bertz CT molecular complexity index is 2010. The van der Waals surface area contributed by atoms with Crippen LogP contribution in [-0.4, -0.2) is 9.55 Å². The summed E-state index contributed by atoms with van der Waals surface area (Å²) in [7, 11) is 2.17. The number of para-hydroxylation sites is 2. The van der Waals surface area contributed by atoms with Crippen LogP contribution in [0.15, 0.2) is 109 Å². The van der Waals surface area contributed by atoms with Gasteiger partial charge in [0.25, 0.3) is 5.82 Å². The van der Waals surface area contributed by atoms with Gasteiger partial charge in [-0.3, -0.25) is 0 Å². The van der Waals surface area contributed by atoms with Gasteiger partial charge in [0.1, 0.15) is 10.7 Å². The first kappa shape index (κ1) is 24.5. The Morgan fingerprint density at radius 1 is 0.675 bits per heavy atom. The van der Waals surface area contributed by atoms with Gasteiger partial charge < -0.3 is 0 Å². The third-order valence-electron chi connectivity index (χ3n) is 7.92. The van der Waals surface area contributed by atoms with Crippen molar-refractivity contribution in [3.05, 3.63) is 126 Å². The number of hydrogen-bond donors (Lipinski definition) is 0. The van der Waals surface area contributed by atoms with Crippen molar-refractivity contribution in [3.63, 3.8) is 0 Å². The number of rotatable bonds is 4. The van der Waals surface area contributed by atoms with Gasteiger partial charge in [-0.2, -0.15) is 4.57 Å². The quantitative estimate of drug-likeness (QED) is 0.206. The lowest BCUT2D eigenvalue weighted by Gasteiger charge is -2.08.